The van der Waals surface area contributed by atoms with Crippen LogP contribution in [0.15, 0.2) is 22.5 Å². The van der Waals surface area contributed by atoms with Crippen molar-refractivity contribution in [3.8, 4) is 0 Å². The third-order valence-corrected chi connectivity index (χ3v) is 3.92. The molecule has 0 amide bonds. The Hall–Kier alpha value is -1.01. The molecule has 0 N–H and O–H groups in total. The Morgan fingerprint density at radius 1 is 1.43 bits per heavy atom. The molecule has 0 radical (unpaired) electrons. The van der Waals surface area contributed by atoms with Gasteiger partial charge in [0.2, 0.25) is 4.34 Å². The Kier molecular flexibility index (Phi) is 2.04. The summed E-state index contributed by atoms with van der Waals surface area (Å²) in [4.78, 5) is 3.70. The maximum Gasteiger partial charge on any atom is 0.359 e. The molecular weight excluding hydrogens is 225 g/mol. The topological polar surface area (TPSA) is 47.0 Å². The number of thiazole rings is 1. The predicted octanol–water partition coefficient (Wildman–Crippen LogP) is 2.26. The zero-order chi connectivity index (χ0) is 10.3. The maximum atomic E-state index is 12.6. The van der Waals surface area contributed by atoms with E-state index in [1.54, 1.807) is 12.1 Å². The monoisotopic (exact) mass is 231 g/mol. The molecule has 2 rings (SSSR count). The fourth-order valence-electron chi connectivity index (χ4n) is 1.12. The first-order valence-corrected chi connectivity index (χ1v) is 5.99. The van der Waals surface area contributed by atoms with Crippen LogP contribution in [-0.2, 0) is 10.2 Å². The average molecular weight is 231 g/mol. The van der Waals surface area contributed by atoms with Crippen LogP contribution in [0.25, 0.3) is 10.2 Å². The van der Waals surface area contributed by atoms with E-state index in [0.29, 0.717) is 10.2 Å². The summed E-state index contributed by atoms with van der Waals surface area (Å²) in [5, 5.41) is 0. The van der Waals surface area contributed by atoms with Gasteiger partial charge in [-0.15, -0.1) is 11.3 Å². The van der Waals surface area contributed by atoms with Gasteiger partial charge in [0, 0.05) is 0 Å². The third-order valence-electron chi connectivity index (χ3n) is 1.73. The van der Waals surface area contributed by atoms with Crippen LogP contribution in [0.3, 0.4) is 0 Å². The van der Waals surface area contributed by atoms with E-state index in [0.717, 1.165) is 16.9 Å². The van der Waals surface area contributed by atoms with Crippen molar-refractivity contribution in [3.63, 3.8) is 0 Å². The molecule has 0 aliphatic heterocycles. The van der Waals surface area contributed by atoms with Gasteiger partial charge in [0.15, 0.2) is 0 Å². The van der Waals surface area contributed by atoms with E-state index in [4.69, 9.17) is 0 Å². The standard InChI is InChI=1S/C8H6FNO2S2/c1-5-2-3-7-6(4-5)10-8(13-7)14(9,11)12/h2-4H,1H3. The Bertz CT molecular complexity index is 588. The van der Waals surface area contributed by atoms with Crippen LogP contribution in [0.2, 0.25) is 0 Å². The molecule has 0 fully saturated rings. The lowest BCUT2D eigenvalue weighted by Gasteiger charge is -1.88. The summed E-state index contributed by atoms with van der Waals surface area (Å²) in [5.41, 5.74) is 1.48. The Labute approximate surface area is 84.4 Å². The van der Waals surface area contributed by atoms with Crippen molar-refractivity contribution in [3.05, 3.63) is 23.8 Å². The second-order valence-corrected chi connectivity index (χ2v) is 5.44. The largest absolute Gasteiger partial charge is 0.359 e. The number of hydrogen-bond donors (Lipinski definition) is 0. The highest BCUT2D eigenvalue weighted by Crippen LogP contribution is 2.26. The molecule has 0 aliphatic rings. The first-order chi connectivity index (χ1) is 6.47. The summed E-state index contributed by atoms with van der Waals surface area (Å²) in [6.07, 6.45) is 0. The Balaban J connectivity index is 2.75. The highest BCUT2D eigenvalue weighted by atomic mass is 32.3. The van der Waals surface area contributed by atoms with Gasteiger partial charge in [-0.2, -0.15) is 8.42 Å². The van der Waals surface area contributed by atoms with Crippen LogP contribution in [0.1, 0.15) is 5.56 Å². The van der Waals surface area contributed by atoms with E-state index in [-0.39, 0.29) is 0 Å². The second-order valence-electron chi connectivity index (χ2n) is 2.89. The van der Waals surface area contributed by atoms with Crippen molar-refractivity contribution in [2.75, 3.05) is 0 Å². The third kappa shape index (κ3) is 1.62. The molecule has 0 bridgehead atoms. The molecule has 1 aromatic heterocycles. The highest BCUT2D eigenvalue weighted by Gasteiger charge is 2.17. The molecule has 6 heteroatoms. The first kappa shape index (κ1) is 9.54. The predicted molar refractivity (Wildman–Crippen MR) is 52.7 cm³/mol. The van der Waals surface area contributed by atoms with Gasteiger partial charge < -0.3 is 0 Å². The fraction of sp³-hybridized carbons (Fsp3) is 0.125. The number of aryl methyl sites for hydroxylation is 1. The zero-order valence-corrected chi connectivity index (χ0v) is 8.82. The lowest BCUT2D eigenvalue weighted by molar-refractivity contribution is 0.551. The van der Waals surface area contributed by atoms with Crippen molar-refractivity contribution in [1.29, 1.82) is 0 Å². The van der Waals surface area contributed by atoms with Crippen molar-refractivity contribution < 1.29 is 12.3 Å². The molecule has 0 unspecified atom stereocenters. The van der Waals surface area contributed by atoms with Crippen molar-refractivity contribution in [1.82, 2.24) is 4.98 Å². The zero-order valence-electron chi connectivity index (χ0n) is 7.19. The number of benzene rings is 1. The van der Waals surface area contributed by atoms with E-state index in [2.05, 4.69) is 4.98 Å². The summed E-state index contributed by atoms with van der Waals surface area (Å²) in [5.74, 6) is 0. The molecule has 74 valence electrons. The lowest BCUT2D eigenvalue weighted by atomic mass is 10.2. The molecule has 3 nitrogen and oxygen atoms in total. The molecule has 2 aromatic rings. The molecule has 14 heavy (non-hydrogen) atoms. The van der Waals surface area contributed by atoms with E-state index in [1.807, 2.05) is 13.0 Å². The normalized spacial score (nSPS) is 12.1. The first-order valence-electron chi connectivity index (χ1n) is 3.79. The lowest BCUT2D eigenvalue weighted by Crippen LogP contribution is -1.88. The molecule has 1 heterocycles. The summed E-state index contributed by atoms with van der Waals surface area (Å²) in [7, 11) is -4.67. The molecule has 0 saturated heterocycles. The molecule has 0 atom stereocenters. The maximum absolute atomic E-state index is 12.6. The summed E-state index contributed by atoms with van der Waals surface area (Å²) in [6.45, 7) is 1.86. The average Bonchev–Trinajstić information content (AvgIpc) is 2.45. The Morgan fingerprint density at radius 2 is 2.14 bits per heavy atom. The van der Waals surface area contributed by atoms with E-state index < -0.39 is 14.6 Å². The molecule has 0 saturated carbocycles. The summed E-state index contributed by atoms with van der Waals surface area (Å²) in [6, 6.07) is 5.28. The highest BCUT2D eigenvalue weighted by molar-refractivity contribution is 7.88. The molecule has 1 aromatic carbocycles. The number of fused-ring (bicyclic) bond motifs is 1. The quantitative estimate of drug-likeness (QED) is 0.707. The number of rotatable bonds is 1. The van der Waals surface area contributed by atoms with Gasteiger partial charge in [-0.1, -0.05) is 9.95 Å². The SMILES string of the molecule is Cc1ccc2sc(S(=O)(=O)F)nc2c1. The van der Waals surface area contributed by atoms with E-state index >= 15 is 0 Å². The van der Waals surface area contributed by atoms with Gasteiger partial charge in [0.1, 0.15) is 0 Å². The van der Waals surface area contributed by atoms with Crippen LogP contribution in [-0.4, -0.2) is 13.4 Å². The van der Waals surface area contributed by atoms with E-state index in [1.165, 1.54) is 0 Å². The van der Waals surface area contributed by atoms with Gasteiger partial charge >= 0.3 is 10.2 Å². The summed E-state index contributed by atoms with van der Waals surface area (Å²) < 4.78 is 33.9. The van der Waals surface area contributed by atoms with E-state index in [9.17, 15) is 12.3 Å². The van der Waals surface area contributed by atoms with Crippen LogP contribution in [0.4, 0.5) is 3.89 Å². The van der Waals surface area contributed by atoms with Crippen LogP contribution < -0.4 is 0 Å². The van der Waals surface area contributed by atoms with Crippen molar-refractivity contribution in [2.45, 2.75) is 11.3 Å². The number of halogens is 1. The minimum Gasteiger partial charge on any atom is -0.223 e. The number of hydrogen-bond acceptors (Lipinski definition) is 4. The van der Waals surface area contributed by atoms with Gasteiger partial charge in [-0.3, -0.25) is 0 Å². The van der Waals surface area contributed by atoms with Crippen LogP contribution >= 0.6 is 11.3 Å². The second kappa shape index (κ2) is 2.99. The Morgan fingerprint density at radius 3 is 2.79 bits per heavy atom. The minimum absolute atomic E-state index is 0.474. The van der Waals surface area contributed by atoms with Gasteiger partial charge in [-0.25, -0.2) is 4.98 Å². The minimum atomic E-state index is -4.67. The molecular formula is C8H6FNO2S2. The molecule has 0 aliphatic carbocycles. The van der Waals surface area contributed by atoms with Crippen LogP contribution in [0, 0.1) is 6.92 Å². The van der Waals surface area contributed by atoms with Gasteiger partial charge in [0.25, 0.3) is 0 Å². The van der Waals surface area contributed by atoms with Gasteiger partial charge in [0.05, 0.1) is 10.2 Å². The van der Waals surface area contributed by atoms with Crippen molar-refractivity contribution >= 4 is 31.8 Å². The summed E-state index contributed by atoms with van der Waals surface area (Å²) >= 11 is 0.839. The fourth-order valence-corrected chi connectivity index (χ4v) is 2.67. The van der Waals surface area contributed by atoms with Crippen molar-refractivity contribution in [2.24, 2.45) is 0 Å². The smallest absolute Gasteiger partial charge is 0.223 e. The number of aromatic nitrogens is 1. The number of nitrogens with zero attached hydrogens (tertiary/aromatic N) is 1. The van der Waals surface area contributed by atoms with Gasteiger partial charge in [-0.05, 0) is 24.6 Å². The molecule has 0 spiro atoms. The van der Waals surface area contributed by atoms with Crippen LogP contribution in [0.5, 0.6) is 0 Å².